The lowest BCUT2D eigenvalue weighted by Crippen LogP contribution is -2.15. The Balaban J connectivity index is 1.89. The number of nitrogens with one attached hydrogen (secondary N) is 2. The first-order valence-corrected chi connectivity index (χ1v) is 6.17. The van der Waals surface area contributed by atoms with Crippen molar-refractivity contribution in [2.75, 3.05) is 17.6 Å². The Morgan fingerprint density at radius 2 is 2.33 bits per heavy atom. The quantitative estimate of drug-likeness (QED) is 0.716. The van der Waals surface area contributed by atoms with Gasteiger partial charge in [0.1, 0.15) is 0 Å². The molecule has 0 radical (unpaired) electrons. The maximum atomic E-state index is 11.9. The molecule has 5 nitrogen and oxygen atoms in total. The lowest BCUT2D eigenvalue weighted by molar-refractivity contribution is 0.781. The summed E-state index contributed by atoms with van der Waals surface area (Å²) in [6.45, 7) is 3.09. The minimum absolute atomic E-state index is 0.154. The van der Waals surface area contributed by atoms with Crippen LogP contribution >= 0.6 is 0 Å². The molecule has 0 aliphatic heterocycles. The van der Waals surface area contributed by atoms with E-state index in [0.29, 0.717) is 28.5 Å². The van der Waals surface area contributed by atoms with Crippen LogP contribution in [0.2, 0.25) is 0 Å². The van der Waals surface area contributed by atoms with E-state index in [2.05, 4.69) is 22.2 Å². The summed E-state index contributed by atoms with van der Waals surface area (Å²) in [5.74, 6) is 2.03. The fraction of sp³-hybridized carbons (Fsp3) is 0.385. The normalized spacial score (nSPS) is 22.1. The maximum Gasteiger partial charge on any atom is 0.260 e. The van der Waals surface area contributed by atoms with Crippen LogP contribution in [0.4, 0.5) is 11.6 Å². The average molecular weight is 244 g/mol. The summed E-state index contributed by atoms with van der Waals surface area (Å²) < 4.78 is 0. The molecule has 1 aliphatic carbocycles. The van der Waals surface area contributed by atoms with Crippen LogP contribution in [0.15, 0.2) is 23.0 Å². The lowest BCUT2D eigenvalue weighted by Gasteiger charge is -2.06. The number of nitrogen functional groups attached to an aromatic ring is 1. The Hall–Kier alpha value is -2.04. The first-order chi connectivity index (χ1) is 8.63. The van der Waals surface area contributed by atoms with Crippen molar-refractivity contribution >= 4 is 22.5 Å². The molecule has 2 atom stereocenters. The molecule has 1 aliphatic rings. The highest BCUT2D eigenvalue weighted by Crippen LogP contribution is 2.37. The van der Waals surface area contributed by atoms with Gasteiger partial charge in [-0.3, -0.25) is 9.78 Å². The van der Waals surface area contributed by atoms with Gasteiger partial charge >= 0.3 is 0 Å². The van der Waals surface area contributed by atoms with E-state index < -0.39 is 0 Å². The van der Waals surface area contributed by atoms with Crippen molar-refractivity contribution in [1.82, 2.24) is 9.97 Å². The van der Waals surface area contributed by atoms with Gasteiger partial charge in [-0.05, 0) is 36.5 Å². The predicted molar refractivity (Wildman–Crippen MR) is 72.5 cm³/mol. The molecule has 2 unspecified atom stereocenters. The lowest BCUT2D eigenvalue weighted by atomic mass is 10.2. The first-order valence-electron chi connectivity index (χ1n) is 6.17. The smallest absolute Gasteiger partial charge is 0.260 e. The van der Waals surface area contributed by atoms with Crippen LogP contribution in [-0.2, 0) is 0 Å². The third-order valence-corrected chi connectivity index (χ3v) is 3.54. The molecule has 5 heteroatoms. The third-order valence-electron chi connectivity index (χ3n) is 3.54. The second-order valence-electron chi connectivity index (χ2n) is 5.05. The van der Waals surface area contributed by atoms with E-state index in [9.17, 15) is 4.79 Å². The largest absolute Gasteiger partial charge is 0.399 e. The Bertz CT molecular complexity index is 649. The highest BCUT2D eigenvalue weighted by molar-refractivity contribution is 5.81. The molecular weight excluding hydrogens is 228 g/mol. The van der Waals surface area contributed by atoms with Crippen LogP contribution in [-0.4, -0.2) is 16.5 Å². The predicted octanol–water partition coefficient (Wildman–Crippen LogP) is 1.57. The molecule has 3 rings (SSSR count). The van der Waals surface area contributed by atoms with E-state index in [1.165, 1.54) is 6.42 Å². The number of nitrogens with zero attached hydrogens (tertiary/aromatic N) is 1. The number of nitrogens with two attached hydrogens (primary N) is 1. The summed E-state index contributed by atoms with van der Waals surface area (Å²) >= 11 is 0. The highest BCUT2D eigenvalue weighted by atomic mass is 16.1. The van der Waals surface area contributed by atoms with E-state index in [1.807, 2.05) is 0 Å². The second-order valence-corrected chi connectivity index (χ2v) is 5.05. The summed E-state index contributed by atoms with van der Waals surface area (Å²) in [4.78, 5) is 19.0. The Morgan fingerprint density at radius 3 is 3.06 bits per heavy atom. The van der Waals surface area contributed by atoms with Gasteiger partial charge < -0.3 is 11.1 Å². The number of aromatic amines is 1. The SMILES string of the molecule is CC1CC1CNc1nc2ccc(N)cc2c(=O)[nH]1. The minimum atomic E-state index is -0.154. The fourth-order valence-corrected chi connectivity index (χ4v) is 2.15. The average Bonchev–Trinajstić information content (AvgIpc) is 3.04. The van der Waals surface area contributed by atoms with Crippen LogP contribution < -0.4 is 16.6 Å². The van der Waals surface area contributed by atoms with Gasteiger partial charge in [0.2, 0.25) is 5.95 Å². The van der Waals surface area contributed by atoms with E-state index >= 15 is 0 Å². The van der Waals surface area contributed by atoms with Gasteiger partial charge in [0.05, 0.1) is 10.9 Å². The van der Waals surface area contributed by atoms with Crippen molar-refractivity contribution in [1.29, 1.82) is 0 Å². The van der Waals surface area contributed by atoms with Gasteiger partial charge in [0.25, 0.3) is 5.56 Å². The number of fused-ring (bicyclic) bond motifs is 1. The Morgan fingerprint density at radius 1 is 1.56 bits per heavy atom. The summed E-state index contributed by atoms with van der Waals surface area (Å²) in [6, 6.07) is 5.17. The zero-order valence-electron chi connectivity index (χ0n) is 10.2. The van der Waals surface area contributed by atoms with E-state index in [1.54, 1.807) is 18.2 Å². The summed E-state index contributed by atoms with van der Waals surface area (Å²) in [5, 5.41) is 3.71. The van der Waals surface area contributed by atoms with Gasteiger partial charge in [-0.1, -0.05) is 6.92 Å². The van der Waals surface area contributed by atoms with Crippen molar-refractivity contribution in [3.05, 3.63) is 28.6 Å². The zero-order chi connectivity index (χ0) is 12.7. The van der Waals surface area contributed by atoms with Crippen molar-refractivity contribution in [3.63, 3.8) is 0 Å². The number of anilines is 2. The number of hydrogen-bond acceptors (Lipinski definition) is 4. The Labute approximate surface area is 104 Å². The molecule has 1 fully saturated rings. The minimum Gasteiger partial charge on any atom is -0.399 e. The molecule has 1 heterocycles. The Kier molecular flexibility index (Phi) is 2.47. The molecule has 1 aromatic carbocycles. The molecule has 0 spiro atoms. The molecule has 0 bridgehead atoms. The van der Waals surface area contributed by atoms with Gasteiger partial charge in [-0.2, -0.15) is 0 Å². The van der Waals surface area contributed by atoms with Crippen LogP contribution in [0.5, 0.6) is 0 Å². The van der Waals surface area contributed by atoms with Crippen molar-refractivity contribution in [3.8, 4) is 0 Å². The highest BCUT2D eigenvalue weighted by Gasteiger charge is 2.32. The summed E-state index contributed by atoms with van der Waals surface area (Å²) in [6.07, 6.45) is 1.25. The molecule has 94 valence electrons. The molecule has 2 aromatic rings. The fourth-order valence-electron chi connectivity index (χ4n) is 2.15. The van der Waals surface area contributed by atoms with Crippen molar-refractivity contribution in [2.45, 2.75) is 13.3 Å². The first kappa shape index (κ1) is 11.1. The van der Waals surface area contributed by atoms with E-state index in [0.717, 1.165) is 12.5 Å². The molecule has 1 saturated carbocycles. The molecule has 18 heavy (non-hydrogen) atoms. The maximum absolute atomic E-state index is 11.9. The van der Waals surface area contributed by atoms with Gasteiger partial charge in [-0.15, -0.1) is 0 Å². The zero-order valence-corrected chi connectivity index (χ0v) is 10.2. The third kappa shape index (κ3) is 2.03. The van der Waals surface area contributed by atoms with Crippen LogP contribution in [0.1, 0.15) is 13.3 Å². The molecule has 1 aromatic heterocycles. The second kappa shape index (κ2) is 4.01. The molecular formula is C13H16N4O. The van der Waals surface area contributed by atoms with E-state index in [-0.39, 0.29) is 5.56 Å². The number of benzene rings is 1. The summed E-state index contributed by atoms with van der Waals surface area (Å²) in [5.41, 5.74) is 6.74. The van der Waals surface area contributed by atoms with E-state index in [4.69, 9.17) is 5.73 Å². The number of rotatable bonds is 3. The molecule has 0 amide bonds. The van der Waals surface area contributed by atoms with Crippen LogP contribution in [0, 0.1) is 11.8 Å². The molecule has 4 N–H and O–H groups in total. The molecule has 0 saturated heterocycles. The number of H-pyrrole nitrogens is 1. The standard InChI is InChI=1S/C13H16N4O/c1-7-4-8(7)6-15-13-16-11-3-2-9(14)5-10(11)12(18)17-13/h2-3,5,7-8H,4,6,14H2,1H3,(H2,15,16,17,18). The van der Waals surface area contributed by atoms with Crippen LogP contribution in [0.3, 0.4) is 0 Å². The van der Waals surface area contributed by atoms with Gasteiger partial charge in [-0.25, -0.2) is 4.98 Å². The van der Waals surface area contributed by atoms with Crippen molar-refractivity contribution < 1.29 is 0 Å². The number of hydrogen-bond donors (Lipinski definition) is 3. The number of aromatic nitrogens is 2. The summed E-state index contributed by atoms with van der Waals surface area (Å²) in [7, 11) is 0. The van der Waals surface area contributed by atoms with Gasteiger partial charge in [0, 0.05) is 12.2 Å². The van der Waals surface area contributed by atoms with Crippen LogP contribution in [0.25, 0.3) is 10.9 Å². The van der Waals surface area contributed by atoms with Crippen molar-refractivity contribution in [2.24, 2.45) is 11.8 Å². The monoisotopic (exact) mass is 244 g/mol. The topological polar surface area (TPSA) is 83.8 Å². The van der Waals surface area contributed by atoms with Gasteiger partial charge in [0.15, 0.2) is 0 Å².